The summed E-state index contributed by atoms with van der Waals surface area (Å²) in [5, 5.41) is 0. The molecule has 3 heteroatoms. The van der Waals surface area contributed by atoms with E-state index in [2.05, 4.69) is 15.9 Å². The Morgan fingerprint density at radius 3 is 2.62 bits per heavy atom. The fraction of sp³-hybridized carbons (Fsp3) is 1.00. The van der Waals surface area contributed by atoms with Crippen molar-refractivity contribution in [1.29, 1.82) is 0 Å². The first-order chi connectivity index (χ1) is 7.86. The van der Waals surface area contributed by atoms with Gasteiger partial charge in [-0.3, -0.25) is 0 Å². The zero-order chi connectivity index (χ0) is 11.2. The van der Waals surface area contributed by atoms with E-state index in [4.69, 9.17) is 9.47 Å². The molecular formula is C13H23BrO2. The summed E-state index contributed by atoms with van der Waals surface area (Å²) in [7, 11) is 0. The Balaban J connectivity index is 1.71. The van der Waals surface area contributed by atoms with Crippen molar-refractivity contribution in [3.05, 3.63) is 0 Å². The Morgan fingerprint density at radius 2 is 1.88 bits per heavy atom. The van der Waals surface area contributed by atoms with Gasteiger partial charge in [-0.05, 0) is 19.3 Å². The minimum atomic E-state index is 0.431. The third kappa shape index (κ3) is 4.01. The van der Waals surface area contributed by atoms with Crippen LogP contribution in [0.5, 0.6) is 0 Å². The predicted molar refractivity (Wildman–Crippen MR) is 69.1 cm³/mol. The van der Waals surface area contributed by atoms with Crippen LogP contribution in [-0.4, -0.2) is 30.8 Å². The molecule has 2 fully saturated rings. The summed E-state index contributed by atoms with van der Waals surface area (Å²) in [6, 6.07) is 0. The van der Waals surface area contributed by atoms with Gasteiger partial charge in [0.1, 0.15) is 0 Å². The Kier molecular flexibility index (Phi) is 5.60. The molecule has 16 heavy (non-hydrogen) atoms. The first-order valence-electron chi connectivity index (χ1n) is 6.69. The van der Waals surface area contributed by atoms with E-state index in [1.54, 1.807) is 0 Å². The maximum absolute atomic E-state index is 6.09. The normalized spacial score (nSPS) is 36.9. The molecule has 0 aromatic heterocycles. The smallest absolute Gasteiger partial charge is 0.0700 e. The van der Waals surface area contributed by atoms with Crippen molar-refractivity contribution >= 4 is 15.9 Å². The Labute approximate surface area is 107 Å². The molecule has 2 rings (SSSR count). The van der Waals surface area contributed by atoms with Crippen LogP contribution in [0.4, 0.5) is 0 Å². The van der Waals surface area contributed by atoms with Crippen LogP contribution in [0.3, 0.4) is 0 Å². The van der Waals surface area contributed by atoms with E-state index in [-0.39, 0.29) is 0 Å². The minimum absolute atomic E-state index is 0.431. The van der Waals surface area contributed by atoms with Crippen LogP contribution in [0.15, 0.2) is 0 Å². The third-order valence-corrected chi connectivity index (χ3v) is 4.74. The van der Waals surface area contributed by atoms with Crippen molar-refractivity contribution in [1.82, 2.24) is 0 Å². The van der Waals surface area contributed by atoms with Gasteiger partial charge < -0.3 is 9.47 Å². The molecule has 0 aromatic carbocycles. The SMILES string of the molecule is BrC1CCCCCCC1OCC1CCOC1. The van der Waals surface area contributed by atoms with Crippen LogP contribution in [0.2, 0.25) is 0 Å². The van der Waals surface area contributed by atoms with E-state index in [9.17, 15) is 0 Å². The van der Waals surface area contributed by atoms with Crippen LogP contribution >= 0.6 is 15.9 Å². The predicted octanol–water partition coefficient (Wildman–Crippen LogP) is 3.53. The van der Waals surface area contributed by atoms with E-state index >= 15 is 0 Å². The summed E-state index contributed by atoms with van der Waals surface area (Å²) in [5.74, 6) is 0.644. The molecule has 1 heterocycles. The fourth-order valence-corrected chi connectivity index (χ4v) is 3.31. The zero-order valence-electron chi connectivity index (χ0n) is 10.00. The van der Waals surface area contributed by atoms with Crippen molar-refractivity contribution in [2.45, 2.75) is 55.9 Å². The standard InChI is InChI=1S/C13H23BrO2/c14-12-5-3-1-2-4-6-13(12)16-10-11-7-8-15-9-11/h11-13H,1-10H2. The van der Waals surface area contributed by atoms with Crippen LogP contribution in [0.1, 0.15) is 44.9 Å². The maximum atomic E-state index is 6.09. The molecule has 2 nitrogen and oxygen atoms in total. The van der Waals surface area contributed by atoms with Crippen molar-refractivity contribution in [3.8, 4) is 0 Å². The molecule has 94 valence electrons. The summed E-state index contributed by atoms with van der Waals surface area (Å²) in [6.45, 7) is 2.73. The van der Waals surface area contributed by atoms with Crippen molar-refractivity contribution < 1.29 is 9.47 Å². The van der Waals surface area contributed by atoms with E-state index in [0.717, 1.165) is 19.8 Å². The van der Waals surface area contributed by atoms with Crippen LogP contribution < -0.4 is 0 Å². The monoisotopic (exact) mass is 290 g/mol. The largest absolute Gasteiger partial charge is 0.381 e. The second-order valence-corrected chi connectivity index (χ2v) is 6.29. The highest BCUT2D eigenvalue weighted by atomic mass is 79.9. The minimum Gasteiger partial charge on any atom is -0.381 e. The topological polar surface area (TPSA) is 18.5 Å². The van der Waals surface area contributed by atoms with E-state index < -0.39 is 0 Å². The first-order valence-corrected chi connectivity index (χ1v) is 7.61. The van der Waals surface area contributed by atoms with Crippen LogP contribution in [-0.2, 0) is 9.47 Å². The molecule has 0 bridgehead atoms. The van der Waals surface area contributed by atoms with Crippen molar-refractivity contribution in [2.75, 3.05) is 19.8 Å². The van der Waals surface area contributed by atoms with Gasteiger partial charge in [0.25, 0.3) is 0 Å². The van der Waals surface area contributed by atoms with Gasteiger partial charge in [-0.1, -0.05) is 41.6 Å². The highest BCUT2D eigenvalue weighted by Gasteiger charge is 2.23. The van der Waals surface area contributed by atoms with E-state index in [0.29, 0.717) is 16.8 Å². The van der Waals surface area contributed by atoms with Gasteiger partial charge in [0.05, 0.1) is 19.3 Å². The molecule has 3 atom stereocenters. The van der Waals surface area contributed by atoms with Crippen LogP contribution in [0, 0.1) is 5.92 Å². The zero-order valence-corrected chi connectivity index (χ0v) is 11.6. The molecule has 0 radical (unpaired) electrons. The number of rotatable bonds is 3. The Bertz CT molecular complexity index is 192. The van der Waals surface area contributed by atoms with Crippen molar-refractivity contribution in [2.24, 2.45) is 5.92 Å². The summed E-state index contributed by atoms with van der Waals surface area (Å²) >= 11 is 3.79. The second-order valence-electron chi connectivity index (χ2n) is 5.11. The second kappa shape index (κ2) is 6.97. The molecule has 1 saturated heterocycles. The number of hydrogen-bond donors (Lipinski definition) is 0. The summed E-state index contributed by atoms with van der Waals surface area (Å²) in [5.41, 5.74) is 0. The summed E-state index contributed by atoms with van der Waals surface area (Å²) in [6.07, 6.45) is 9.56. The lowest BCUT2D eigenvalue weighted by atomic mass is 9.98. The Morgan fingerprint density at radius 1 is 1.06 bits per heavy atom. The van der Waals surface area contributed by atoms with Gasteiger partial charge in [0, 0.05) is 17.4 Å². The quantitative estimate of drug-likeness (QED) is 0.741. The van der Waals surface area contributed by atoms with Gasteiger partial charge >= 0.3 is 0 Å². The molecule has 1 saturated carbocycles. The first kappa shape index (κ1) is 12.8. The van der Waals surface area contributed by atoms with Crippen molar-refractivity contribution in [3.63, 3.8) is 0 Å². The van der Waals surface area contributed by atoms with Gasteiger partial charge in [-0.2, -0.15) is 0 Å². The van der Waals surface area contributed by atoms with E-state index in [1.165, 1.54) is 44.9 Å². The van der Waals surface area contributed by atoms with Gasteiger partial charge in [-0.25, -0.2) is 0 Å². The lowest BCUT2D eigenvalue weighted by Crippen LogP contribution is -2.28. The highest BCUT2D eigenvalue weighted by Crippen LogP contribution is 2.26. The van der Waals surface area contributed by atoms with E-state index in [1.807, 2.05) is 0 Å². The maximum Gasteiger partial charge on any atom is 0.0700 e. The van der Waals surface area contributed by atoms with Crippen LogP contribution in [0.25, 0.3) is 0 Å². The molecule has 0 aromatic rings. The average Bonchev–Trinajstić information content (AvgIpc) is 2.76. The molecule has 3 unspecified atom stereocenters. The number of halogens is 1. The third-order valence-electron chi connectivity index (χ3n) is 3.69. The average molecular weight is 291 g/mol. The van der Waals surface area contributed by atoms with Gasteiger partial charge in [-0.15, -0.1) is 0 Å². The van der Waals surface area contributed by atoms with Gasteiger partial charge in [0.15, 0.2) is 0 Å². The molecule has 0 amide bonds. The van der Waals surface area contributed by atoms with Gasteiger partial charge in [0.2, 0.25) is 0 Å². The number of hydrogen-bond acceptors (Lipinski definition) is 2. The lowest BCUT2D eigenvalue weighted by molar-refractivity contribution is 0.0166. The summed E-state index contributed by atoms with van der Waals surface area (Å²) < 4.78 is 11.5. The molecule has 2 aliphatic rings. The fourth-order valence-electron chi connectivity index (χ4n) is 2.57. The number of ether oxygens (including phenoxy) is 2. The Hall–Kier alpha value is 0.400. The number of alkyl halides is 1. The molecule has 1 aliphatic carbocycles. The molecule has 0 N–H and O–H groups in total. The lowest BCUT2D eigenvalue weighted by Gasteiger charge is -2.26. The highest BCUT2D eigenvalue weighted by molar-refractivity contribution is 9.09. The molecular weight excluding hydrogens is 268 g/mol. The summed E-state index contributed by atoms with van der Waals surface area (Å²) in [4.78, 5) is 0.565. The molecule has 0 spiro atoms. The molecule has 1 aliphatic heterocycles.